The van der Waals surface area contributed by atoms with Gasteiger partial charge in [-0.3, -0.25) is 4.99 Å². The quantitative estimate of drug-likeness (QED) is 0.449. The van der Waals surface area contributed by atoms with Crippen LogP contribution in [0.2, 0.25) is 5.02 Å². The van der Waals surface area contributed by atoms with Gasteiger partial charge >= 0.3 is 0 Å². The molecule has 0 atom stereocenters. The fourth-order valence-corrected chi connectivity index (χ4v) is 4.43. The van der Waals surface area contributed by atoms with E-state index < -0.39 is 55.4 Å². The molecule has 1 heterocycles. The van der Waals surface area contributed by atoms with Gasteiger partial charge in [-0.2, -0.15) is 8.78 Å². The van der Waals surface area contributed by atoms with Crippen molar-refractivity contribution in [3.05, 3.63) is 28.3 Å². The summed E-state index contributed by atoms with van der Waals surface area (Å²) in [5.41, 5.74) is -0.609. The molecule has 0 radical (unpaired) electrons. The van der Waals surface area contributed by atoms with Gasteiger partial charge in [0.15, 0.2) is 27.7 Å². The smallest absolute Gasteiger partial charge is 0.236 e. The Morgan fingerprint density at radius 2 is 1.70 bits per heavy atom. The zero-order valence-corrected chi connectivity index (χ0v) is 14.2. The van der Waals surface area contributed by atoms with E-state index in [2.05, 4.69) is 9.73 Å². The third-order valence-corrected chi connectivity index (χ3v) is 6.42. The SMILES string of the molecule is CC1(C)CSC(S(=O)(=O)COc2c(F)c(F)c(Cl)c(F)c2F)=N1. The molecule has 0 spiro atoms. The number of rotatable bonds is 3. The predicted octanol–water partition coefficient (Wildman–Crippen LogP) is 3.53. The highest BCUT2D eigenvalue weighted by Gasteiger charge is 2.34. The number of benzene rings is 1. The van der Waals surface area contributed by atoms with Gasteiger partial charge in [-0.1, -0.05) is 23.4 Å². The van der Waals surface area contributed by atoms with E-state index >= 15 is 0 Å². The number of hydrogen-bond acceptors (Lipinski definition) is 5. The molecule has 11 heteroatoms. The molecule has 128 valence electrons. The van der Waals surface area contributed by atoms with Crippen molar-refractivity contribution in [3.8, 4) is 5.75 Å². The van der Waals surface area contributed by atoms with Crippen molar-refractivity contribution in [1.29, 1.82) is 0 Å². The first-order chi connectivity index (χ1) is 10.5. The first kappa shape index (κ1) is 18.3. The maximum absolute atomic E-state index is 13.6. The number of halogens is 5. The molecule has 2 rings (SSSR count). The Kier molecular flexibility index (Phi) is 4.89. The minimum absolute atomic E-state index is 0.266. The zero-order valence-electron chi connectivity index (χ0n) is 11.8. The van der Waals surface area contributed by atoms with Crippen molar-refractivity contribution < 1.29 is 30.7 Å². The standard InChI is InChI=1S/C12H10ClF4NO3S2/c1-12(2)3-22-11(18-12)23(19,20)4-21-10-8(16)6(14)5(13)7(15)9(10)17/h3-4H2,1-2H3. The highest BCUT2D eigenvalue weighted by molar-refractivity contribution is 8.35. The molecule has 0 fully saturated rings. The molecule has 0 saturated heterocycles. The summed E-state index contributed by atoms with van der Waals surface area (Å²) < 4.78 is 81.9. The van der Waals surface area contributed by atoms with Crippen LogP contribution in [0.5, 0.6) is 5.75 Å². The van der Waals surface area contributed by atoms with Crippen LogP contribution in [0.4, 0.5) is 17.6 Å². The van der Waals surface area contributed by atoms with E-state index in [9.17, 15) is 26.0 Å². The van der Waals surface area contributed by atoms with E-state index in [1.54, 1.807) is 13.8 Å². The van der Waals surface area contributed by atoms with E-state index in [-0.39, 0.29) is 4.38 Å². The number of hydrogen-bond donors (Lipinski definition) is 0. The number of ether oxygens (including phenoxy) is 1. The van der Waals surface area contributed by atoms with Gasteiger partial charge in [-0.25, -0.2) is 17.2 Å². The summed E-state index contributed by atoms with van der Waals surface area (Å²) >= 11 is 5.99. The second-order valence-electron chi connectivity index (χ2n) is 5.25. The monoisotopic (exact) mass is 391 g/mol. The largest absolute Gasteiger partial charge is 0.471 e. The number of thioether (sulfide) groups is 1. The Bertz CT molecular complexity index is 767. The van der Waals surface area contributed by atoms with Crippen LogP contribution in [0, 0.1) is 23.3 Å². The molecular formula is C12H10ClF4NO3S2. The van der Waals surface area contributed by atoms with Crippen LogP contribution in [0.3, 0.4) is 0 Å². The van der Waals surface area contributed by atoms with Crippen molar-refractivity contribution in [2.75, 3.05) is 11.7 Å². The normalized spacial score (nSPS) is 17.3. The molecule has 1 aromatic carbocycles. The molecule has 0 aliphatic carbocycles. The molecule has 1 aromatic rings. The van der Waals surface area contributed by atoms with Gasteiger partial charge in [-0.15, -0.1) is 0 Å². The molecule has 0 amide bonds. The Labute approximate surface area is 138 Å². The van der Waals surface area contributed by atoms with Crippen LogP contribution >= 0.6 is 23.4 Å². The Balaban J connectivity index is 2.29. The minimum atomic E-state index is -4.12. The van der Waals surface area contributed by atoms with Crippen molar-refractivity contribution in [3.63, 3.8) is 0 Å². The van der Waals surface area contributed by atoms with Crippen LogP contribution in [-0.2, 0) is 9.84 Å². The van der Waals surface area contributed by atoms with Gasteiger partial charge in [0, 0.05) is 5.75 Å². The molecule has 0 saturated carbocycles. The highest BCUT2D eigenvalue weighted by atomic mass is 35.5. The second-order valence-corrected chi connectivity index (χ2v) is 8.71. The van der Waals surface area contributed by atoms with Gasteiger partial charge in [0.2, 0.25) is 21.5 Å². The lowest BCUT2D eigenvalue weighted by molar-refractivity contribution is 0.314. The summed E-state index contributed by atoms with van der Waals surface area (Å²) in [6, 6.07) is 0. The zero-order chi connectivity index (χ0) is 17.6. The van der Waals surface area contributed by atoms with Crippen LogP contribution < -0.4 is 4.74 Å². The van der Waals surface area contributed by atoms with E-state index in [4.69, 9.17) is 11.6 Å². The summed E-state index contributed by atoms with van der Waals surface area (Å²) in [5, 5.41) is -1.38. The van der Waals surface area contributed by atoms with Crippen molar-refractivity contribution in [1.82, 2.24) is 0 Å². The van der Waals surface area contributed by atoms with Crippen molar-refractivity contribution >= 4 is 37.6 Å². The molecule has 4 nitrogen and oxygen atoms in total. The second kappa shape index (κ2) is 6.14. The van der Waals surface area contributed by atoms with E-state index in [0.29, 0.717) is 5.75 Å². The molecular weight excluding hydrogens is 382 g/mol. The third-order valence-electron chi connectivity index (χ3n) is 2.74. The van der Waals surface area contributed by atoms with E-state index in [1.807, 2.05) is 0 Å². The van der Waals surface area contributed by atoms with E-state index in [1.165, 1.54) is 0 Å². The molecule has 23 heavy (non-hydrogen) atoms. The summed E-state index contributed by atoms with van der Waals surface area (Å²) in [6.45, 7) is 3.40. The number of aliphatic imine (C=N–C) groups is 1. The maximum Gasteiger partial charge on any atom is 0.236 e. The predicted molar refractivity (Wildman–Crippen MR) is 79.7 cm³/mol. The number of sulfone groups is 1. The summed E-state index contributed by atoms with van der Waals surface area (Å²) in [5.74, 6) is -9.87. The summed E-state index contributed by atoms with van der Waals surface area (Å²) in [4.78, 5) is 3.95. The Morgan fingerprint density at radius 1 is 1.17 bits per heavy atom. The Hall–Kier alpha value is -1.00. The molecule has 0 N–H and O–H groups in total. The third kappa shape index (κ3) is 3.58. The lowest BCUT2D eigenvalue weighted by Crippen LogP contribution is -2.20. The van der Waals surface area contributed by atoms with Crippen LogP contribution in [0.25, 0.3) is 0 Å². The van der Waals surface area contributed by atoms with Crippen molar-refractivity contribution in [2.45, 2.75) is 19.4 Å². The average Bonchev–Trinajstić information content (AvgIpc) is 2.84. The lowest BCUT2D eigenvalue weighted by atomic mass is 10.1. The van der Waals surface area contributed by atoms with Gasteiger partial charge in [0.1, 0.15) is 5.02 Å². The number of nitrogens with zero attached hydrogens (tertiary/aromatic N) is 1. The molecule has 0 unspecified atom stereocenters. The van der Waals surface area contributed by atoms with Crippen LogP contribution in [0.15, 0.2) is 4.99 Å². The average molecular weight is 392 g/mol. The molecule has 1 aliphatic heterocycles. The summed E-state index contributed by atoms with van der Waals surface area (Å²) in [7, 11) is -4.12. The van der Waals surface area contributed by atoms with Crippen molar-refractivity contribution in [2.24, 2.45) is 4.99 Å². The van der Waals surface area contributed by atoms with Gasteiger partial charge in [0.05, 0.1) is 5.54 Å². The van der Waals surface area contributed by atoms with Gasteiger partial charge < -0.3 is 4.74 Å². The Morgan fingerprint density at radius 3 is 2.13 bits per heavy atom. The molecule has 1 aliphatic rings. The molecule has 0 bridgehead atoms. The molecule has 0 aromatic heterocycles. The van der Waals surface area contributed by atoms with E-state index in [0.717, 1.165) is 11.8 Å². The fourth-order valence-electron chi connectivity index (χ4n) is 1.61. The summed E-state index contributed by atoms with van der Waals surface area (Å²) in [6.07, 6.45) is 0. The lowest BCUT2D eigenvalue weighted by Gasteiger charge is -2.11. The van der Waals surface area contributed by atoms with Crippen LogP contribution in [0.1, 0.15) is 13.8 Å². The maximum atomic E-state index is 13.6. The topological polar surface area (TPSA) is 55.7 Å². The fraction of sp³-hybridized carbons (Fsp3) is 0.417. The van der Waals surface area contributed by atoms with Gasteiger partial charge in [0.25, 0.3) is 0 Å². The minimum Gasteiger partial charge on any atom is -0.471 e. The first-order valence-electron chi connectivity index (χ1n) is 6.06. The first-order valence-corrected chi connectivity index (χ1v) is 9.07. The highest BCUT2D eigenvalue weighted by Crippen LogP contribution is 2.34. The van der Waals surface area contributed by atoms with Crippen LogP contribution in [-0.4, -0.2) is 30.0 Å². The van der Waals surface area contributed by atoms with Gasteiger partial charge in [-0.05, 0) is 13.8 Å².